The highest BCUT2D eigenvalue weighted by Gasteiger charge is 2.46. The Kier molecular flexibility index (Phi) is 6.75. The van der Waals surface area contributed by atoms with Crippen LogP contribution in [0.25, 0.3) is 5.76 Å². The zero-order valence-electron chi connectivity index (χ0n) is 18.2. The summed E-state index contributed by atoms with van der Waals surface area (Å²) in [5.41, 5.74) is 1.14. The Hall–Kier alpha value is -3.19. The summed E-state index contributed by atoms with van der Waals surface area (Å²) < 4.78 is 20.2. The van der Waals surface area contributed by atoms with E-state index in [2.05, 4.69) is 0 Å². The number of carbonyl (C=O) groups is 2. The van der Waals surface area contributed by atoms with E-state index in [4.69, 9.17) is 4.74 Å². The van der Waals surface area contributed by atoms with Gasteiger partial charge in [0.1, 0.15) is 17.3 Å². The number of carbonyl (C=O) groups excluding carboxylic acids is 2. The van der Waals surface area contributed by atoms with Crippen molar-refractivity contribution in [1.82, 2.24) is 9.80 Å². The van der Waals surface area contributed by atoms with Gasteiger partial charge in [0.2, 0.25) is 0 Å². The van der Waals surface area contributed by atoms with Crippen molar-refractivity contribution in [1.29, 1.82) is 0 Å². The molecule has 1 heterocycles. The molecule has 1 fully saturated rings. The van der Waals surface area contributed by atoms with Crippen LogP contribution in [0.5, 0.6) is 5.75 Å². The summed E-state index contributed by atoms with van der Waals surface area (Å²) in [5.74, 6) is -1.80. The number of aliphatic hydroxyl groups excluding tert-OH is 1. The van der Waals surface area contributed by atoms with Crippen LogP contribution in [0.15, 0.2) is 48.0 Å². The number of ether oxygens (including phenoxy) is 1. The number of likely N-dealkylation sites (tertiary alicyclic amines) is 1. The molecule has 1 saturated heterocycles. The molecule has 2 aromatic carbocycles. The fourth-order valence-corrected chi connectivity index (χ4v) is 3.74. The molecule has 0 radical (unpaired) electrons. The summed E-state index contributed by atoms with van der Waals surface area (Å²) in [6, 6.07) is 10.1. The first-order valence-corrected chi connectivity index (χ1v) is 10.2. The van der Waals surface area contributed by atoms with Gasteiger partial charge in [0.05, 0.1) is 18.2 Å². The van der Waals surface area contributed by atoms with Gasteiger partial charge in [-0.25, -0.2) is 4.39 Å². The van der Waals surface area contributed by atoms with Crippen molar-refractivity contribution < 1.29 is 23.8 Å². The summed E-state index contributed by atoms with van der Waals surface area (Å²) >= 11 is 0. The second-order valence-corrected chi connectivity index (χ2v) is 7.73. The van der Waals surface area contributed by atoms with Gasteiger partial charge in [0.25, 0.3) is 11.7 Å². The molecule has 0 saturated carbocycles. The minimum atomic E-state index is -1.01. The molecule has 1 unspecified atom stereocenters. The second kappa shape index (κ2) is 9.31. The molecular formula is C24H27FN2O4. The van der Waals surface area contributed by atoms with Crippen molar-refractivity contribution in [2.24, 2.45) is 0 Å². The van der Waals surface area contributed by atoms with Crippen LogP contribution >= 0.6 is 0 Å². The average molecular weight is 426 g/mol. The molecule has 2 aromatic rings. The first-order chi connectivity index (χ1) is 14.8. The lowest BCUT2D eigenvalue weighted by Crippen LogP contribution is -2.35. The Labute approximate surface area is 181 Å². The van der Waals surface area contributed by atoms with Gasteiger partial charge >= 0.3 is 0 Å². The Bertz CT molecular complexity index is 1030. The van der Waals surface area contributed by atoms with Gasteiger partial charge in [-0.05, 0) is 57.8 Å². The van der Waals surface area contributed by atoms with E-state index in [1.165, 1.54) is 17.0 Å². The van der Waals surface area contributed by atoms with Gasteiger partial charge in [0.15, 0.2) is 0 Å². The highest BCUT2D eigenvalue weighted by atomic mass is 19.1. The van der Waals surface area contributed by atoms with Crippen LogP contribution in [0.1, 0.15) is 29.7 Å². The van der Waals surface area contributed by atoms with Gasteiger partial charge in [-0.15, -0.1) is 0 Å². The molecule has 1 aliphatic heterocycles. The molecule has 1 amide bonds. The number of hydrogen-bond acceptors (Lipinski definition) is 5. The maximum atomic E-state index is 14.7. The van der Waals surface area contributed by atoms with Crippen LogP contribution in [0, 0.1) is 12.7 Å². The number of ketones is 1. The monoisotopic (exact) mass is 426 g/mol. The predicted octanol–water partition coefficient (Wildman–Crippen LogP) is 3.52. The Balaban J connectivity index is 2.16. The number of Topliss-reactive ketones (excluding diaryl/α,β-unsaturated/α-hetero) is 1. The molecule has 1 atom stereocenters. The third-order valence-corrected chi connectivity index (χ3v) is 5.29. The number of likely N-dealkylation sites (N-methyl/N-ethyl adjacent to an activating group) is 1. The van der Waals surface area contributed by atoms with Crippen LogP contribution < -0.4 is 4.74 Å². The zero-order chi connectivity index (χ0) is 22.7. The van der Waals surface area contributed by atoms with E-state index in [0.717, 1.165) is 0 Å². The van der Waals surface area contributed by atoms with Crippen molar-refractivity contribution in [2.75, 3.05) is 33.8 Å². The van der Waals surface area contributed by atoms with Gasteiger partial charge in [-0.1, -0.05) is 18.2 Å². The first kappa shape index (κ1) is 22.5. The molecule has 164 valence electrons. The molecule has 31 heavy (non-hydrogen) atoms. The Morgan fingerprint density at radius 1 is 1.19 bits per heavy atom. The molecule has 0 spiro atoms. The molecule has 1 aliphatic rings. The lowest BCUT2D eigenvalue weighted by Gasteiger charge is -2.27. The second-order valence-electron chi connectivity index (χ2n) is 7.73. The molecule has 1 N–H and O–H groups in total. The fraction of sp³-hybridized carbons (Fsp3) is 0.333. The molecule has 0 bridgehead atoms. The highest BCUT2D eigenvalue weighted by molar-refractivity contribution is 6.46. The van der Waals surface area contributed by atoms with Gasteiger partial charge in [0, 0.05) is 24.2 Å². The van der Waals surface area contributed by atoms with Crippen molar-refractivity contribution in [3.8, 4) is 5.75 Å². The van der Waals surface area contributed by atoms with E-state index in [1.807, 2.05) is 25.9 Å². The van der Waals surface area contributed by atoms with Crippen LogP contribution in [0.3, 0.4) is 0 Å². The largest absolute Gasteiger partial charge is 0.507 e. The van der Waals surface area contributed by atoms with Gasteiger partial charge in [-0.2, -0.15) is 0 Å². The molecule has 6 nitrogen and oxygen atoms in total. The summed E-state index contributed by atoms with van der Waals surface area (Å²) in [4.78, 5) is 29.0. The van der Waals surface area contributed by atoms with E-state index < -0.39 is 23.5 Å². The van der Waals surface area contributed by atoms with E-state index in [1.54, 1.807) is 37.3 Å². The van der Waals surface area contributed by atoms with Crippen LogP contribution in [-0.4, -0.2) is 60.4 Å². The summed E-state index contributed by atoms with van der Waals surface area (Å²) in [5, 5.41) is 11.1. The first-order valence-electron chi connectivity index (χ1n) is 10.2. The van der Waals surface area contributed by atoms with Gasteiger partial charge in [-0.3, -0.25) is 9.59 Å². The fourth-order valence-electron chi connectivity index (χ4n) is 3.74. The number of benzene rings is 2. The maximum Gasteiger partial charge on any atom is 0.295 e. The third kappa shape index (κ3) is 4.46. The molecule has 0 aliphatic carbocycles. The van der Waals surface area contributed by atoms with E-state index in [0.29, 0.717) is 30.0 Å². The number of halogens is 1. The molecule has 0 aromatic heterocycles. The quantitative estimate of drug-likeness (QED) is 0.417. The number of nitrogens with zero attached hydrogens (tertiary/aromatic N) is 2. The maximum absolute atomic E-state index is 14.7. The molecular weight excluding hydrogens is 399 g/mol. The number of hydrogen-bond donors (Lipinski definition) is 1. The summed E-state index contributed by atoms with van der Waals surface area (Å²) in [6.45, 7) is 4.84. The topological polar surface area (TPSA) is 70.1 Å². The number of aliphatic hydroxyl groups is 1. The standard InChI is InChI=1S/C24H27FN2O4/c1-5-31-16-10-11-17(15(2)14-16)22(28)20-21(18-8-6-7-9-19(18)25)27(13-12-26(3)4)24(30)23(20)29/h6-11,14,21,28H,5,12-13H2,1-4H3/b22-20+. The minimum Gasteiger partial charge on any atom is -0.507 e. The van der Waals surface area contributed by atoms with E-state index >= 15 is 0 Å². The SMILES string of the molecule is CCOc1ccc(/C(O)=C2\C(=O)C(=O)N(CCN(C)C)C2c2ccccc2F)c(C)c1. The van der Waals surface area contributed by atoms with E-state index in [-0.39, 0.29) is 23.4 Å². The van der Waals surface area contributed by atoms with Crippen molar-refractivity contribution in [3.05, 3.63) is 70.5 Å². The van der Waals surface area contributed by atoms with Crippen molar-refractivity contribution in [3.63, 3.8) is 0 Å². The number of rotatable bonds is 7. The summed E-state index contributed by atoms with van der Waals surface area (Å²) in [7, 11) is 3.69. The lowest BCUT2D eigenvalue weighted by atomic mass is 9.93. The highest BCUT2D eigenvalue weighted by Crippen LogP contribution is 2.40. The van der Waals surface area contributed by atoms with Crippen molar-refractivity contribution in [2.45, 2.75) is 19.9 Å². The Morgan fingerprint density at radius 3 is 2.52 bits per heavy atom. The lowest BCUT2D eigenvalue weighted by molar-refractivity contribution is -0.140. The van der Waals surface area contributed by atoms with E-state index in [9.17, 15) is 19.1 Å². The van der Waals surface area contributed by atoms with Crippen LogP contribution in [-0.2, 0) is 9.59 Å². The Morgan fingerprint density at radius 2 is 1.90 bits per heavy atom. The number of amides is 1. The molecule has 7 heteroatoms. The normalized spacial score (nSPS) is 18.1. The average Bonchev–Trinajstić information content (AvgIpc) is 2.97. The minimum absolute atomic E-state index is 0.110. The van der Waals surface area contributed by atoms with Crippen LogP contribution in [0.4, 0.5) is 4.39 Å². The smallest absolute Gasteiger partial charge is 0.295 e. The number of aryl methyl sites for hydroxylation is 1. The van der Waals surface area contributed by atoms with Crippen LogP contribution in [0.2, 0.25) is 0 Å². The third-order valence-electron chi connectivity index (χ3n) is 5.29. The van der Waals surface area contributed by atoms with Gasteiger partial charge < -0.3 is 19.6 Å². The van der Waals surface area contributed by atoms with Crippen molar-refractivity contribution >= 4 is 17.4 Å². The summed E-state index contributed by atoms with van der Waals surface area (Å²) in [6.07, 6.45) is 0. The molecule has 3 rings (SSSR count). The zero-order valence-corrected chi connectivity index (χ0v) is 18.2. The predicted molar refractivity (Wildman–Crippen MR) is 116 cm³/mol.